The molecule has 0 saturated carbocycles. The molecule has 0 atom stereocenters. The van der Waals surface area contributed by atoms with E-state index in [0.717, 1.165) is 57.9 Å². The Balaban J connectivity index is 1.41. The molecule has 0 aromatic carbocycles. The molecule has 1 aromatic rings. The summed E-state index contributed by atoms with van der Waals surface area (Å²) >= 11 is 0. The molecule has 1 aliphatic heterocycles. The van der Waals surface area contributed by atoms with Gasteiger partial charge in [-0.25, -0.2) is 4.98 Å². The zero-order valence-corrected chi connectivity index (χ0v) is 21.8. The van der Waals surface area contributed by atoms with Gasteiger partial charge in [0.15, 0.2) is 0 Å². The summed E-state index contributed by atoms with van der Waals surface area (Å²) in [6, 6.07) is 3.89. The lowest BCUT2D eigenvalue weighted by Crippen LogP contribution is -2.46. The van der Waals surface area contributed by atoms with E-state index < -0.39 is 0 Å². The van der Waals surface area contributed by atoms with Gasteiger partial charge >= 0.3 is 0 Å². The molecule has 1 amide bonds. The number of unbranched alkanes of at least 4 members (excludes halogenated alkanes) is 13. The number of carbonyl (C=O) groups is 1. The lowest BCUT2D eigenvalue weighted by Gasteiger charge is -2.34. The minimum Gasteiger partial charge on any atom is -0.396 e. The molecule has 1 saturated heterocycles. The summed E-state index contributed by atoms with van der Waals surface area (Å²) in [5.41, 5.74) is 0.654. The van der Waals surface area contributed by atoms with Crippen LogP contribution in [-0.4, -0.2) is 66.8 Å². The molecule has 2 N–H and O–H groups in total. The SMILES string of the molecule is CCN1CCN(c2ccc(C(=O)NCCCCCCCCCCCCCCCCO)cn2)CC1. The van der Waals surface area contributed by atoms with Gasteiger partial charge < -0.3 is 20.2 Å². The number of aliphatic hydroxyl groups is 1. The third-order valence-corrected chi connectivity index (χ3v) is 7.02. The number of nitrogens with one attached hydrogen (secondary N) is 1. The average molecular weight is 475 g/mol. The van der Waals surface area contributed by atoms with Crippen molar-refractivity contribution in [1.29, 1.82) is 0 Å². The fourth-order valence-electron chi connectivity index (χ4n) is 4.66. The maximum absolute atomic E-state index is 12.4. The Kier molecular flexibility index (Phi) is 15.7. The van der Waals surface area contributed by atoms with Crippen LogP contribution in [0, 0.1) is 0 Å². The molecule has 1 aliphatic rings. The van der Waals surface area contributed by atoms with E-state index in [1.165, 1.54) is 77.0 Å². The zero-order chi connectivity index (χ0) is 24.3. The van der Waals surface area contributed by atoms with Crippen LogP contribution < -0.4 is 10.2 Å². The van der Waals surface area contributed by atoms with E-state index in [1.807, 2.05) is 12.1 Å². The molecule has 1 fully saturated rings. The van der Waals surface area contributed by atoms with Gasteiger partial charge in [0, 0.05) is 45.5 Å². The molecule has 194 valence electrons. The van der Waals surface area contributed by atoms with Crippen LogP contribution >= 0.6 is 0 Å². The highest BCUT2D eigenvalue weighted by Crippen LogP contribution is 2.15. The molecule has 6 nitrogen and oxygen atoms in total. The van der Waals surface area contributed by atoms with Crippen LogP contribution in [0.4, 0.5) is 5.82 Å². The quantitative estimate of drug-likeness (QED) is 0.263. The number of anilines is 1. The topological polar surface area (TPSA) is 68.7 Å². The number of likely N-dealkylation sites (N-methyl/N-ethyl adjacent to an activating group) is 1. The fraction of sp³-hybridized carbons (Fsp3) is 0.786. The molecule has 6 heteroatoms. The van der Waals surface area contributed by atoms with Crippen LogP contribution in [0.3, 0.4) is 0 Å². The number of aromatic nitrogens is 1. The summed E-state index contributed by atoms with van der Waals surface area (Å²) in [5, 5.41) is 11.8. The van der Waals surface area contributed by atoms with Gasteiger partial charge in [0.25, 0.3) is 5.91 Å². The Morgan fingerprint density at radius 2 is 1.35 bits per heavy atom. The maximum Gasteiger partial charge on any atom is 0.252 e. The number of carbonyl (C=O) groups excluding carboxylic acids is 1. The molecule has 2 rings (SSSR count). The van der Waals surface area contributed by atoms with E-state index in [9.17, 15) is 4.79 Å². The van der Waals surface area contributed by atoms with Gasteiger partial charge in [-0.15, -0.1) is 0 Å². The standard InChI is InChI=1S/C28H50N4O2/c1-2-31-20-22-32(23-21-31)27-18-17-26(25-30-27)28(34)29-19-15-13-11-9-7-5-3-4-6-8-10-12-14-16-24-33/h17-18,25,33H,2-16,19-24H2,1H3,(H,29,34). The van der Waals surface area contributed by atoms with E-state index in [0.29, 0.717) is 12.2 Å². The van der Waals surface area contributed by atoms with E-state index >= 15 is 0 Å². The Bertz CT molecular complexity index is 630. The first-order chi connectivity index (χ1) is 16.7. The van der Waals surface area contributed by atoms with Crippen molar-refractivity contribution in [1.82, 2.24) is 15.2 Å². The average Bonchev–Trinajstić information content (AvgIpc) is 2.88. The normalized spacial score (nSPS) is 14.5. The molecule has 0 radical (unpaired) electrons. The summed E-state index contributed by atoms with van der Waals surface area (Å²) in [6.45, 7) is 8.56. The second-order valence-corrected chi connectivity index (χ2v) is 9.76. The molecule has 0 spiro atoms. The first kappa shape index (κ1) is 28.6. The van der Waals surface area contributed by atoms with Crippen molar-refractivity contribution in [3.63, 3.8) is 0 Å². The summed E-state index contributed by atoms with van der Waals surface area (Å²) in [7, 11) is 0. The minimum atomic E-state index is -0.0109. The monoisotopic (exact) mass is 474 g/mol. The summed E-state index contributed by atoms with van der Waals surface area (Å²) in [6.07, 6.45) is 19.5. The zero-order valence-electron chi connectivity index (χ0n) is 21.8. The smallest absolute Gasteiger partial charge is 0.252 e. The van der Waals surface area contributed by atoms with Crippen LogP contribution in [0.25, 0.3) is 0 Å². The molecular weight excluding hydrogens is 424 g/mol. The van der Waals surface area contributed by atoms with Crippen molar-refractivity contribution in [3.8, 4) is 0 Å². The van der Waals surface area contributed by atoms with Gasteiger partial charge in [-0.2, -0.15) is 0 Å². The Morgan fingerprint density at radius 1 is 0.824 bits per heavy atom. The van der Waals surface area contributed by atoms with E-state index in [4.69, 9.17) is 5.11 Å². The van der Waals surface area contributed by atoms with Gasteiger partial charge in [-0.3, -0.25) is 4.79 Å². The number of nitrogens with zero attached hydrogens (tertiary/aromatic N) is 3. The molecule has 0 aliphatic carbocycles. The van der Waals surface area contributed by atoms with Crippen LogP contribution in [-0.2, 0) is 0 Å². The number of rotatable bonds is 19. The molecule has 0 bridgehead atoms. The number of hydrogen-bond acceptors (Lipinski definition) is 5. The highest BCUT2D eigenvalue weighted by Gasteiger charge is 2.17. The lowest BCUT2D eigenvalue weighted by molar-refractivity contribution is 0.0952. The van der Waals surface area contributed by atoms with Gasteiger partial charge in [0.1, 0.15) is 5.82 Å². The lowest BCUT2D eigenvalue weighted by atomic mass is 10.0. The number of piperazine rings is 1. The van der Waals surface area contributed by atoms with Crippen LogP contribution in [0.2, 0.25) is 0 Å². The second-order valence-electron chi connectivity index (χ2n) is 9.76. The Hall–Kier alpha value is -1.66. The van der Waals surface area contributed by atoms with Crippen molar-refractivity contribution in [2.75, 3.05) is 50.8 Å². The molecule has 1 aromatic heterocycles. The van der Waals surface area contributed by atoms with Crippen molar-refractivity contribution in [3.05, 3.63) is 23.9 Å². The van der Waals surface area contributed by atoms with Crippen molar-refractivity contribution in [2.24, 2.45) is 0 Å². The maximum atomic E-state index is 12.4. The highest BCUT2D eigenvalue weighted by molar-refractivity contribution is 5.94. The van der Waals surface area contributed by atoms with E-state index in [-0.39, 0.29) is 5.91 Å². The van der Waals surface area contributed by atoms with Crippen molar-refractivity contribution >= 4 is 11.7 Å². The second kappa shape index (κ2) is 18.6. The van der Waals surface area contributed by atoms with Gasteiger partial charge in [0.2, 0.25) is 0 Å². The number of amides is 1. The third-order valence-electron chi connectivity index (χ3n) is 7.02. The molecule has 34 heavy (non-hydrogen) atoms. The largest absolute Gasteiger partial charge is 0.396 e. The number of hydrogen-bond donors (Lipinski definition) is 2. The predicted octanol–water partition coefficient (Wildman–Crippen LogP) is 5.41. The molecular formula is C28H50N4O2. The Morgan fingerprint density at radius 3 is 1.82 bits per heavy atom. The van der Waals surface area contributed by atoms with E-state index in [2.05, 4.69) is 27.0 Å². The summed E-state index contributed by atoms with van der Waals surface area (Å²) in [4.78, 5) is 21.7. The van der Waals surface area contributed by atoms with Gasteiger partial charge in [-0.05, 0) is 31.5 Å². The van der Waals surface area contributed by atoms with E-state index in [1.54, 1.807) is 6.20 Å². The number of aliphatic hydroxyl groups excluding tert-OH is 1. The minimum absolute atomic E-state index is 0.0109. The first-order valence-corrected chi connectivity index (χ1v) is 14.1. The molecule has 2 heterocycles. The van der Waals surface area contributed by atoms with Crippen molar-refractivity contribution < 1.29 is 9.90 Å². The highest BCUT2D eigenvalue weighted by atomic mass is 16.2. The Labute approximate surface area is 208 Å². The van der Waals surface area contributed by atoms with Crippen LogP contribution in [0.5, 0.6) is 0 Å². The third kappa shape index (κ3) is 12.2. The van der Waals surface area contributed by atoms with Crippen LogP contribution in [0.15, 0.2) is 18.3 Å². The first-order valence-electron chi connectivity index (χ1n) is 14.1. The predicted molar refractivity (Wildman–Crippen MR) is 143 cm³/mol. The fourth-order valence-corrected chi connectivity index (χ4v) is 4.66. The van der Waals surface area contributed by atoms with Gasteiger partial charge in [0.05, 0.1) is 5.56 Å². The van der Waals surface area contributed by atoms with Crippen LogP contribution in [0.1, 0.15) is 107 Å². The summed E-state index contributed by atoms with van der Waals surface area (Å²) in [5.74, 6) is 0.963. The van der Waals surface area contributed by atoms with Crippen molar-refractivity contribution in [2.45, 2.75) is 96.8 Å². The molecule has 0 unspecified atom stereocenters. The summed E-state index contributed by atoms with van der Waals surface area (Å²) < 4.78 is 0. The van der Waals surface area contributed by atoms with Gasteiger partial charge in [-0.1, -0.05) is 84.0 Å². The number of pyridine rings is 1.